The molecule has 4 rings (SSSR count). The fraction of sp³-hybridized carbons (Fsp3) is 0.200. The SMILES string of the molecule is O=C1[C@@H](NS(=O)(=O)c2ccc(-c3cccnc3)s2)CCN1Cc1cccc(O)c1. The third-order valence-electron chi connectivity index (χ3n) is 4.67. The molecule has 0 bridgehead atoms. The maximum absolute atomic E-state index is 12.8. The topological polar surface area (TPSA) is 99.6 Å². The fourth-order valence-corrected chi connectivity index (χ4v) is 5.79. The number of nitrogens with one attached hydrogen (secondary N) is 1. The number of carbonyl (C=O) groups excluding carboxylic acids is 1. The van der Waals surface area contributed by atoms with E-state index in [0.717, 1.165) is 27.3 Å². The van der Waals surface area contributed by atoms with Gasteiger partial charge >= 0.3 is 0 Å². The number of aromatic hydroxyl groups is 1. The molecule has 9 heteroatoms. The summed E-state index contributed by atoms with van der Waals surface area (Å²) in [5, 5.41) is 9.57. The van der Waals surface area contributed by atoms with Crippen molar-refractivity contribution in [1.82, 2.24) is 14.6 Å². The second kappa shape index (κ2) is 7.94. The highest BCUT2D eigenvalue weighted by Gasteiger charge is 2.35. The highest BCUT2D eigenvalue weighted by molar-refractivity contribution is 7.91. The van der Waals surface area contributed by atoms with E-state index in [1.807, 2.05) is 12.1 Å². The number of phenols is 1. The van der Waals surface area contributed by atoms with E-state index in [4.69, 9.17) is 0 Å². The Morgan fingerprint density at radius 3 is 2.83 bits per heavy atom. The second-order valence-corrected chi connectivity index (χ2v) is 9.78. The molecular weight excluding hydrogens is 410 g/mol. The van der Waals surface area contributed by atoms with Gasteiger partial charge in [-0.1, -0.05) is 18.2 Å². The highest BCUT2D eigenvalue weighted by atomic mass is 32.2. The molecule has 7 nitrogen and oxygen atoms in total. The van der Waals surface area contributed by atoms with Crippen molar-refractivity contribution in [3.8, 4) is 16.2 Å². The smallest absolute Gasteiger partial charge is 0.250 e. The summed E-state index contributed by atoms with van der Waals surface area (Å²) in [7, 11) is -3.81. The minimum absolute atomic E-state index is 0.133. The molecule has 0 saturated carbocycles. The van der Waals surface area contributed by atoms with Gasteiger partial charge < -0.3 is 10.0 Å². The number of rotatable bonds is 6. The lowest BCUT2D eigenvalue weighted by atomic mass is 10.2. The molecule has 2 aromatic heterocycles. The molecule has 0 spiro atoms. The standard InChI is InChI=1S/C20H19N3O4S2/c24-16-5-1-3-14(11-16)13-23-10-8-17(20(23)25)22-29(26,27)19-7-6-18(28-19)15-4-2-9-21-12-15/h1-7,9,11-12,17,22,24H,8,10,13H2/t17-/m0/s1. The van der Waals surface area contributed by atoms with Crippen molar-refractivity contribution in [2.75, 3.05) is 6.54 Å². The Labute approximate surface area is 172 Å². The molecule has 2 N–H and O–H groups in total. The van der Waals surface area contributed by atoms with Crippen molar-refractivity contribution in [2.45, 2.75) is 23.2 Å². The number of pyridine rings is 1. The van der Waals surface area contributed by atoms with E-state index in [-0.39, 0.29) is 15.9 Å². The van der Waals surface area contributed by atoms with E-state index in [0.29, 0.717) is 19.5 Å². The van der Waals surface area contributed by atoms with Crippen LogP contribution in [0.2, 0.25) is 0 Å². The number of phenolic OH excluding ortho intramolecular Hbond substituents is 1. The summed E-state index contributed by atoms with van der Waals surface area (Å²) in [5.74, 6) is -0.130. The lowest BCUT2D eigenvalue weighted by molar-refractivity contribution is -0.129. The van der Waals surface area contributed by atoms with E-state index in [2.05, 4.69) is 9.71 Å². The van der Waals surface area contributed by atoms with Crippen LogP contribution in [0, 0.1) is 0 Å². The Hall–Kier alpha value is -2.75. The van der Waals surface area contributed by atoms with Gasteiger partial charge in [0.05, 0.1) is 0 Å². The van der Waals surface area contributed by atoms with Gasteiger partial charge in [0.15, 0.2) is 0 Å². The first-order valence-corrected chi connectivity index (χ1v) is 11.3. The van der Waals surface area contributed by atoms with Crippen LogP contribution in [-0.4, -0.2) is 41.9 Å². The minimum atomic E-state index is -3.81. The van der Waals surface area contributed by atoms with Crippen molar-refractivity contribution in [1.29, 1.82) is 0 Å². The zero-order valence-electron chi connectivity index (χ0n) is 15.4. The number of hydrogen-bond acceptors (Lipinski definition) is 6. The number of carbonyl (C=O) groups is 1. The van der Waals surface area contributed by atoms with Gasteiger partial charge in [-0.25, -0.2) is 8.42 Å². The van der Waals surface area contributed by atoms with Crippen LogP contribution in [-0.2, 0) is 21.4 Å². The second-order valence-electron chi connectivity index (χ2n) is 6.75. The van der Waals surface area contributed by atoms with Crippen molar-refractivity contribution in [3.05, 3.63) is 66.5 Å². The molecule has 1 saturated heterocycles. The average molecular weight is 430 g/mol. The molecule has 3 aromatic rings. The molecule has 1 aliphatic rings. The summed E-state index contributed by atoms with van der Waals surface area (Å²) in [6.45, 7) is 0.780. The molecule has 1 aliphatic heterocycles. The number of thiophene rings is 1. The van der Waals surface area contributed by atoms with Crippen LogP contribution in [0.1, 0.15) is 12.0 Å². The van der Waals surface area contributed by atoms with Crippen LogP contribution in [0.3, 0.4) is 0 Å². The number of sulfonamides is 1. The van der Waals surface area contributed by atoms with Crippen molar-refractivity contribution < 1.29 is 18.3 Å². The van der Waals surface area contributed by atoms with Crippen LogP contribution >= 0.6 is 11.3 Å². The quantitative estimate of drug-likeness (QED) is 0.627. The monoisotopic (exact) mass is 429 g/mol. The highest BCUT2D eigenvalue weighted by Crippen LogP contribution is 2.30. The average Bonchev–Trinajstić information content (AvgIpc) is 3.32. The molecule has 1 amide bonds. The molecule has 0 radical (unpaired) electrons. The molecular formula is C20H19N3O4S2. The van der Waals surface area contributed by atoms with E-state index < -0.39 is 16.1 Å². The number of nitrogens with zero attached hydrogens (tertiary/aromatic N) is 2. The van der Waals surface area contributed by atoms with Gasteiger partial charge in [0.2, 0.25) is 5.91 Å². The van der Waals surface area contributed by atoms with Crippen LogP contribution < -0.4 is 4.72 Å². The Bertz CT molecular complexity index is 1130. The predicted octanol–water partition coefficient (Wildman–Crippen LogP) is 2.60. The molecule has 150 valence electrons. The first-order valence-electron chi connectivity index (χ1n) is 9.02. The first kappa shape index (κ1) is 19.6. The van der Waals surface area contributed by atoms with Gasteiger partial charge in [0.1, 0.15) is 16.0 Å². The maximum atomic E-state index is 12.8. The number of amides is 1. The van der Waals surface area contributed by atoms with Gasteiger partial charge in [0.25, 0.3) is 10.0 Å². The van der Waals surface area contributed by atoms with Crippen LogP contribution in [0.4, 0.5) is 0 Å². The molecule has 1 aromatic carbocycles. The minimum Gasteiger partial charge on any atom is -0.508 e. The lowest BCUT2D eigenvalue weighted by Crippen LogP contribution is -2.41. The summed E-state index contributed by atoms with van der Waals surface area (Å²) in [5.41, 5.74) is 1.63. The fourth-order valence-electron chi connectivity index (χ4n) is 3.25. The third kappa shape index (κ3) is 4.31. The number of hydrogen-bond donors (Lipinski definition) is 2. The van der Waals surface area contributed by atoms with Crippen molar-refractivity contribution in [3.63, 3.8) is 0 Å². The summed E-state index contributed by atoms with van der Waals surface area (Å²) < 4.78 is 28.2. The van der Waals surface area contributed by atoms with Crippen molar-refractivity contribution in [2.24, 2.45) is 0 Å². The zero-order chi connectivity index (χ0) is 20.4. The van der Waals surface area contributed by atoms with E-state index in [9.17, 15) is 18.3 Å². The summed E-state index contributed by atoms with van der Waals surface area (Å²) >= 11 is 1.14. The summed E-state index contributed by atoms with van der Waals surface area (Å²) in [4.78, 5) is 19.1. The molecule has 3 heterocycles. The lowest BCUT2D eigenvalue weighted by Gasteiger charge is -2.17. The third-order valence-corrected chi connectivity index (χ3v) is 7.77. The van der Waals surface area contributed by atoms with Gasteiger partial charge in [-0.15, -0.1) is 11.3 Å². The molecule has 29 heavy (non-hydrogen) atoms. The molecule has 0 aliphatic carbocycles. The van der Waals surface area contributed by atoms with Gasteiger partial charge in [0, 0.05) is 35.9 Å². The van der Waals surface area contributed by atoms with Crippen molar-refractivity contribution >= 4 is 27.3 Å². The largest absolute Gasteiger partial charge is 0.508 e. The van der Waals surface area contributed by atoms with Crippen LogP contribution in [0.15, 0.2) is 65.1 Å². The Balaban J connectivity index is 1.45. The number of likely N-dealkylation sites (tertiary alicyclic amines) is 1. The number of benzene rings is 1. The van der Waals surface area contributed by atoms with E-state index in [1.54, 1.807) is 53.7 Å². The molecule has 1 fully saturated rings. The zero-order valence-corrected chi connectivity index (χ0v) is 17.0. The molecule has 0 unspecified atom stereocenters. The predicted molar refractivity (Wildman–Crippen MR) is 110 cm³/mol. The van der Waals surface area contributed by atoms with Crippen LogP contribution in [0.25, 0.3) is 10.4 Å². The Kier molecular flexibility index (Phi) is 5.35. The first-order chi connectivity index (χ1) is 13.9. The normalized spacial score (nSPS) is 17.0. The summed E-state index contributed by atoms with van der Waals surface area (Å²) in [6, 6.07) is 12.8. The van der Waals surface area contributed by atoms with Gasteiger partial charge in [-0.3, -0.25) is 9.78 Å². The van der Waals surface area contributed by atoms with Gasteiger partial charge in [-0.05, 0) is 42.3 Å². The van der Waals surface area contributed by atoms with E-state index >= 15 is 0 Å². The maximum Gasteiger partial charge on any atom is 0.250 e. The summed E-state index contributed by atoms with van der Waals surface area (Å²) in [6.07, 6.45) is 3.73. The number of aromatic nitrogens is 1. The molecule has 1 atom stereocenters. The van der Waals surface area contributed by atoms with Gasteiger partial charge in [-0.2, -0.15) is 4.72 Å². The van der Waals surface area contributed by atoms with E-state index in [1.165, 1.54) is 0 Å². The Morgan fingerprint density at radius 1 is 1.21 bits per heavy atom. The Morgan fingerprint density at radius 2 is 2.07 bits per heavy atom. The van der Waals surface area contributed by atoms with Crippen LogP contribution in [0.5, 0.6) is 5.75 Å².